The van der Waals surface area contributed by atoms with Crippen LogP contribution >= 0.6 is 27.5 Å². The molecule has 92 valence electrons. The summed E-state index contributed by atoms with van der Waals surface area (Å²) in [6.07, 6.45) is 0. The molecule has 0 aromatic heterocycles. The van der Waals surface area contributed by atoms with Gasteiger partial charge in [0, 0.05) is 15.7 Å². The Hall–Kier alpha value is -1.32. The van der Waals surface area contributed by atoms with Crippen LogP contribution in [0, 0.1) is 0 Å². The van der Waals surface area contributed by atoms with Gasteiger partial charge in [0.2, 0.25) is 5.91 Å². The molecule has 1 N–H and O–H groups in total. The van der Waals surface area contributed by atoms with E-state index in [2.05, 4.69) is 21.2 Å². The fourth-order valence-corrected chi connectivity index (χ4v) is 2.09. The summed E-state index contributed by atoms with van der Waals surface area (Å²) in [5.41, 5.74) is 2.77. The van der Waals surface area contributed by atoms with Gasteiger partial charge in [0.1, 0.15) is 5.88 Å². The largest absolute Gasteiger partial charge is 0.324 e. The topological polar surface area (TPSA) is 29.1 Å². The summed E-state index contributed by atoms with van der Waals surface area (Å²) in [4.78, 5) is 11.4. The number of alkyl halides is 1. The number of hydrogen-bond donors (Lipinski definition) is 1. The number of nitrogens with one attached hydrogen (secondary N) is 1. The second-order valence-electron chi connectivity index (χ2n) is 3.74. The molecule has 2 aromatic rings. The molecule has 0 radical (unpaired) electrons. The van der Waals surface area contributed by atoms with E-state index in [0.29, 0.717) is 0 Å². The smallest absolute Gasteiger partial charge is 0.239 e. The third-order valence-electron chi connectivity index (χ3n) is 2.46. The Labute approximate surface area is 119 Å². The molecule has 0 aliphatic carbocycles. The lowest BCUT2D eigenvalue weighted by Crippen LogP contribution is -2.13. The molecule has 0 saturated heterocycles. The fraction of sp³-hybridized carbons (Fsp3) is 0.0714. The van der Waals surface area contributed by atoms with Gasteiger partial charge in [-0.15, -0.1) is 11.6 Å². The van der Waals surface area contributed by atoms with Crippen LogP contribution in [-0.2, 0) is 4.79 Å². The monoisotopic (exact) mass is 323 g/mol. The summed E-state index contributed by atoms with van der Waals surface area (Å²) in [5.74, 6) is -0.263. The zero-order valence-corrected chi connectivity index (χ0v) is 11.8. The van der Waals surface area contributed by atoms with Crippen molar-refractivity contribution in [1.29, 1.82) is 0 Å². The molecule has 1 amide bonds. The molecule has 2 aromatic carbocycles. The molecular formula is C14H11BrClNO. The highest BCUT2D eigenvalue weighted by Crippen LogP contribution is 2.30. The first-order chi connectivity index (χ1) is 8.70. The summed E-state index contributed by atoms with van der Waals surface area (Å²) in [6, 6.07) is 15.6. The van der Waals surface area contributed by atoms with Gasteiger partial charge >= 0.3 is 0 Å². The number of benzene rings is 2. The van der Waals surface area contributed by atoms with E-state index in [1.807, 2.05) is 48.5 Å². The second kappa shape index (κ2) is 6.03. The van der Waals surface area contributed by atoms with Crippen molar-refractivity contribution in [2.24, 2.45) is 0 Å². The molecule has 0 spiro atoms. The normalized spacial score (nSPS) is 10.1. The van der Waals surface area contributed by atoms with Crippen LogP contribution in [-0.4, -0.2) is 11.8 Å². The number of anilines is 1. The molecule has 4 heteroatoms. The lowest BCUT2D eigenvalue weighted by atomic mass is 10.0. The van der Waals surface area contributed by atoms with Crippen LogP contribution in [0.5, 0.6) is 0 Å². The maximum atomic E-state index is 11.4. The maximum absolute atomic E-state index is 11.4. The number of carbonyl (C=O) groups is 1. The summed E-state index contributed by atoms with van der Waals surface area (Å²) in [7, 11) is 0. The van der Waals surface area contributed by atoms with Gasteiger partial charge in [0.15, 0.2) is 0 Å². The molecule has 18 heavy (non-hydrogen) atoms. The highest BCUT2D eigenvalue weighted by molar-refractivity contribution is 9.10. The highest BCUT2D eigenvalue weighted by Gasteiger charge is 2.08. The molecule has 0 unspecified atom stereocenters. The molecule has 2 nitrogen and oxygen atoms in total. The number of amides is 1. The zero-order valence-electron chi connectivity index (χ0n) is 9.49. The van der Waals surface area contributed by atoms with Crippen molar-refractivity contribution in [3.8, 4) is 11.1 Å². The molecule has 0 heterocycles. The van der Waals surface area contributed by atoms with Gasteiger partial charge in [-0.3, -0.25) is 4.79 Å². The van der Waals surface area contributed by atoms with Crippen molar-refractivity contribution < 1.29 is 4.79 Å². The van der Waals surface area contributed by atoms with E-state index in [0.717, 1.165) is 21.3 Å². The van der Waals surface area contributed by atoms with Crippen LogP contribution in [0.2, 0.25) is 0 Å². The first-order valence-corrected chi connectivity index (χ1v) is 6.74. The Balaban J connectivity index is 2.44. The van der Waals surface area contributed by atoms with Crippen molar-refractivity contribution in [3.63, 3.8) is 0 Å². The Morgan fingerprint density at radius 3 is 2.56 bits per heavy atom. The van der Waals surface area contributed by atoms with E-state index >= 15 is 0 Å². The van der Waals surface area contributed by atoms with Crippen LogP contribution in [0.3, 0.4) is 0 Å². The van der Waals surface area contributed by atoms with Crippen molar-refractivity contribution >= 4 is 39.1 Å². The minimum absolute atomic E-state index is 0.0513. The average Bonchev–Trinajstić information content (AvgIpc) is 2.41. The van der Waals surface area contributed by atoms with Gasteiger partial charge in [-0.05, 0) is 23.8 Å². The average molecular weight is 325 g/mol. The predicted molar refractivity (Wildman–Crippen MR) is 78.9 cm³/mol. The van der Waals surface area contributed by atoms with Crippen molar-refractivity contribution in [1.82, 2.24) is 0 Å². The maximum Gasteiger partial charge on any atom is 0.239 e. The van der Waals surface area contributed by atoms with E-state index in [-0.39, 0.29) is 11.8 Å². The lowest BCUT2D eigenvalue weighted by Gasteiger charge is -2.11. The van der Waals surface area contributed by atoms with Crippen LogP contribution < -0.4 is 5.32 Å². The van der Waals surface area contributed by atoms with E-state index in [9.17, 15) is 4.79 Å². The highest BCUT2D eigenvalue weighted by atomic mass is 79.9. The van der Waals surface area contributed by atoms with Crippen LogP contribution in [0.4, 0.5) is 5.69 Å². The van der Waals surface area contributed by atoms with Crippen molar-refractivity contribution in [2.75, 3.05) is 11.2 Å². The first kappa shape index (κ1) is 13.1. The van der Waals surface area contributed by atoms with Gasteiger partial charge in [0.05, 0.1) is 0 Å². The SMILES string of the molecule is O=C(CCl)Nc1ccc(Br)cc1-c1ccccc1. The van der Waals surface area contributed by atoms with Crippen LogP contribution in [0.1, 0.15) is 0 Å². The first-order valence-electron chi connectivity index (χ1n) is 5.41. The fourth-order valence-electron chi connectivity index (χ4n) is 1.67. The Morgan fingerprint density at radius 2 is 1.89 bits per heavy atom. The third-order valence-corrected chi connectivity index (χ3v) is 3.20. The summed E-state index contributed by atoms with van der Waals surface area (Å²) < 4.78 is 0.963. The second-order valence-corrected chi connectivity index (χ2v) is 4.92. The Bertz CT molecular complexity index is 557. The van der Waals surface area contributed by atoms with Gasteiger partial charge in [-0.2, -0.15) is 0 Å². The Morgan fingerprint density at radius 1 is 1.17 bits per heavy atom. The quantitative estimate of drug-likeness (QED) is 0.838. The molecule has 0 aliphatic rings. The lowest BCUT2D eigenvalue weighted by molar-refractivity contribution is -0.113. The standard InChI is InChI=1S/C14H11BrClNO/c15-11-6-7-13(17-14(18)9-16)12(8-11)10-4-2-1-3-5-10/h1-8H,9H2,(H,17,18). The van der Waals surface area contributed by atoms with E-state index in [1.54, 1.807) is 0 Å². The van der Waals surface area contributed by atoms with Crippen LogP contribution in [0.25, 0.3) is 11.1 Å². The minimum atomic E-state index is -0.212. The number of rotatable bonds is 3. The van der Waals surface area contributed by atoms with Gasteiger partial charge in [0.25, 0.3) is 0 Å². The summed E-state index contributed by atoms with van der Waals surface area (Å²) in [6.45, 7) is 0. The summed E-state index contributed by atoms with van der Waals surface area (Å²) in [5, 5.41) is 2.79. The van der Waals surface area contributed by atoms with Gasteiger partial charge in [-0.25, -0.2) is 0 Å². The molecule has 0 saturated carbocycles. The van der Waals surface area contributed by atoms with Gasteiger partial charge in [-0.1, -0.05) is 46.3 Å². The number of carbonyl (C=O) groups excluding carboxylic acids is 1. The zero-order chi connectivity index (χ0) is 13.0. The van der Waals surface area contributed by atoms with E-state index < -0.39 is 0 Å². The molecular weight excluding hydrogens is 314 g/mol. The minimum Gasteiger partial charge on any atom is -0.324 e. The van der Waals surface area contributed by atoms with Crippen molar-refractivity contribution in [2.45, 2.75) is 0 Å². The summed E-state index contributed by atoms with van der Waals surface area (Å²) >= 11 is 8.95. The molecule has 0 aliphatic heterocycles. The number of hydrogen-bond acceptors (Lipinski definition) is 1. The molecule has 0 bridgehead atoms. The molecule has 2 rings (SSSR count). The third kappa shape index (κ3) is 3.12. The van der Waals surface area contributed by atoms with Gasteiger partial charge < -0.3 is 5.32 Å². The predicted octanol–water partition coefficient (Wildman–Crippen LogP) is 4.29. The van der Waals surface area contributed by atoms with Crippen molar-refractivity contribution in [3.05, 3.63) is 53.0 Å². The van der Waals surface area contributed by atoms with E-state index in [4.69, 9.17) is 11.6 Å². The van der Waals surface area contributed by atoms with Crippen LogP contribution in [0.15, 0.2) is 53.0 Å². The van der Waals surface area contributed by atoms with E-state index in [1.165, 1.54) is 0 Å². The molecule has 0 atom stereocenters. The number of halogens is 2. The molecule has 0 fully saturated rings. The Kier molecular flexibility index (Phi) is 4.39.